The summed E-state index contributed by atoms with van der Waals surface area (Å²) in [6, 6.07) is 9.49. The smallest absolute Gasteiger partial charge is 0.286 e. The standard InChI is InChI=1S/C20H19ClN6O2/c1-12-13(2)25-27(20(28)17(12)9-22)11-26(16-7-8-16)10-18-23-24-19(29-18)14-3-5-15(21)6-4-14/h3-6,16H,7-8,10-11H2,1-2H3. The van der Waals surface area contributed by atoms with Crippen LogP contribution in [-0.4, -0.2) is 30.9 Å². The van der Waals surface area contributed by atoms with Crippen molar-refractivity contribution < 1.29 is 4.42 Å². The van der Waals surface area contributed by atoms with Crippen LogP contribution in [-0.2, 0) is 13.2 Å². The molecule has 9 heteroatoms. The second kappa shape index (κ2) is 7.78. The first-order chi connectivity index (χ1) is 14.0. The van der Waals surface area contributed by atoms with Crippen LogP contribution in [0.3, 0.4) is 0 Å². The number of nitriles is 1. The molecule has 4 rings (SSSR count). The summed E-state index contributed by atoms with van der Waals surface area (Å²) in [5.74, 6) is 0.875. The number of aromatic nitrogens is 4. The number of hydrogen-bond donors (Lipinski definition) is 0. The molecule has 8 nitrogen and oxygen atoms in total. The molecule has 1 aromatic carbocycles. The third kappa shape index (κ3) is 4.06. The Morgan fingerprint density at radius 3 is 2.66 bits per heavy atom. The van der Waals surface area contributed by atoms with E-state index in [0.29, 0.717) is 40.6 Å². The van der Waals surface area contributed by atoms with Crippen molar-refractivity contribution in [2.24, 2.45) is 0 Å². The molecule has 2 aromatic heterocycles. The molecule has 1 fully saturated rings. The molecule has 2 heterocycles. The zero-order valence-corrected chi connectivity index (χ0v) is 16.8. The van der Waals surface area contributed by atoms with Gasteiger partial charge in [-0.25, -0.2) is 4.68 Å². The minimum Gasteiger partial charge on any atom is -0.419 e. The summed E-state index contributed by atoms with van der Waals surface area (Å²) >= 11 is 5.92. The molecule has 0 amide bonds. The molecule has 1 aliphatic carbocycles. The predicted molar refractivity (Wildman–Crippen MR) is 106 cm³/mol. The van der Waals surface area contributed by atoms with Crippen molar-refractivity contribution in [3.05, 3.63) is 62.4 Å². The van der Waals surface area contributed by atoms with E-state index in [1.807, 2.05) is 18.2 Å². The Balaban J connectivity index is 1.56. The third-order valence-electron chi connectivity index (χ3n) is 5.02. The van der Waals surface area contributed by atoms with Gasteiger partial charge in [-0.05, 0) is 56.5 Å². The van der Waals surface area contributed by atoms with Crippen LogP contribution in [0.15, 0.2) is 33.5 Å². The van der Waals surface area contributed by atoms with Gasteiger partial charge in [-0.1, -0.05) is 11.6 Å². The van der Waals surface area contributed by atoms with Crippen molar-refractivity contribution in [3.8, 4) is 17.5 Å². The first-order valence-electron chi connectivity index (χ1n) is 9.27. The van der Waals surface area contributed by atoms with Crippen molar-refractivity contribution in [1.82, 2.24) is 24.9 Å². The summed E-state index contributed by atoms with van der Waals surface area (Å²) in [5, 5.41) is 22.6. The number of benzene rings is 1. The summed E-state index contributed by atoms with van der Waals surface area (Å²) < 4.78 is 7.15. The van der Waals surface area contributed by atoms with E-state index in [4.69, 9.17) is 16.0 Å². The second-order valence-electron chi connectivity index (χ2n) is 7.13. The second-order valence-corrected chi connectivity index (χ2v) is 7.57. The fourth-order valence-corrected chi connectivity index (χ4v) is 3.23. The van der Waals surface area contributed by atoms with Crippen molar-refractivity contribution in [1.29, 1.82) is 5.26 Å². The summed E-state index contributed by atoms with van der Waals surface area (Å²) in [4.78, 5) is 14.7. The number of nitrogens with zero attached hydrogens (tertiary/aromatic N) is 6. The molecule has 0 bridgehead atoms. The van der Waals surface area contributed by atoms with Crippen LogP contribution >= 0.6 is 11.6 Å². The molecule has 0 aliphatic heterocycles. The zero-order chi connectivity index (χ0) is 20.5. The van der Waals surface area contributed by atoms with Crippen LogP contribution in [0.25, 0.3) is 11.5 Å². The molecule has 0 saturated heterocycles. The number of hydrogen-bond acceptors (Lipinski definition) is 7. The van der Waals surface area contributed by atoms with Gasteiger partial charge in [0, 0.05) is 16.6 Å². The van der Waals surface area contributed by atoms with Crippen LogP contribution < -0.4 is 5.56 Å². The first kappa shape index (κ1) is 19.3. The summed E-state index contributed by atoms with van der Waals surface area (Å²) in [7, 11) is 0. The van der Waals surface area contributed by atoms with Crippen molar-refractivity contribution in [3.63, 3.8) is 0 Å². The van der Waals surface area contributed by atoms with E-state index in [0.717, 1.165) is 18.4 Å². The largest absolute Gasteiger partial charge is 0.419 e. The van der Waals surface area contributed by atoms with Gasteiger partial charge in [-0.3, -0.25) is 9.69 Å². The van der Waals surface area contributed by atoms with Crippen LogP contribution in [0.4, 0.5) is 0 Å². The lowest BCUT2D eigenvalue weighted by Crippen LogP contribution is -2.36. The molecule has 0 spiro atoms. The molecule has 0 atom stereocenters. The van der Waals surface area contributed by atoms with Gasteiger partial charge in [-0.2, -0.15) is 10.4 Å². The molecular formula is C20H19ClN6O2. The maximum absolute atomic E-state index is 12.6. The molecule has 29 heavy (non-hydrogen) atoms. The predicted octanol–water partition coefficient (Wildman–Crippen LogP) is 3.06. The topological polar surface area (TPSA) is 101 Å². The quantitative estimate of drug-likeness (QED) is 0.615. The maximum Gasteiger partial charge on any atom is 0.286 e. The van der Waals surface area contributed by atoms with Gasteiger partial charge in [0.05, 0.1) is 18.9 Å². The maximum atomic E-state index is 12.6. The van der Waals surface area contributed by atoms with Crippen LogP contribution in [0.1, 0.15) is 35.6 Å². The Morgan fingerprint density at radius 1 is 1.28 bits per heavy atom. The monoisotopic (exact) mass is 410 g/mol. The Hall–Kier alpha value is -3.02. The van der Waals surface area contributed by atoms with E-state index in [1.54, 1.807) is 26.0 Å². The zero-order valence-electron chi connectivity index (χ0n) is 16.1. The lowest BCUT2D eigenvalue weighted by atomic mass is 10.1. The van der Waals surface area contributed by atoms with E-state index in [9.17, 15) is 10.1 Å². The normalized spacial score (nSPS) is 13.6. The third-order valence-corrected chi connectivity index (χ3v) is 5.28. The first-order valence-corrected chi connectivity index (χ1v) is 9.65. The highest BCUT2D eigenvalue weighted by Crippen LogP contribution is 2.29. The Labute approximate surface area is 172 Å². The van der Waals surface area contributed by atoms with Crippen LogP contribution in [0.5, 0.6) is 0 Å². The van der Waals surface area contributed by atoms with Gasteiger partial charge < -0.3 is 4.42 Å². The SMILES string of the molecule is Cc1nn(CN(Cc2nnc(-c3ccc(Cl)cc3)o2)C2CC2)c(=O)c(C#N)c1C. The van der Waals surface area contributed by atoms with Gasteiger partial charge in [0.15, 0.2) is 0 Å². The van der Waals surface area contributed by atoms with Crippen molar-refractivity contribution in [2.45, 2.75) is 45.9 Å². The van der Waals surface area contributed by atoms with Crippen molar-refractivity contribution in [2.75, 3.05) is 0 Å². The molecule has 1 aliphatic rings. The highest BCUT2D eigenvalue weighted by Gasteiger charge is 2.31. The molecule has 0 radical (unpaired) electrons. The van der Waals surface area contributed by atoms with Crippen molar-refractivity contribution >= 4 is 11.6 Å². The van der Waals surface area contributed by atoms with Gasteiger partial charge >= 0.3 is 0 Å². The molecule has 1 saturated carbocycles. The van der Waals surface area contributed by atoms with E-state index in [2.05, 4.69) is 20.2 Å². The van der Waals surface area contributed by atoms with Gasteiger partial charge in [0.1, 0.15) is 11.6 Å². The molecule has 0 unspecified atom stereocenters. The lowest BCUT2D eigenvalue weighted by Gasteiger charge is -2.21. The average Bonchev–Trinajstić information content (AvgIpc) is 3.45. The van der Waals surface area contributed by atoms with Gasteiger partial charge in [-0.15, -0.1) is 10.2 Å². The summed E-state index contributed by atoms with van der Waals surface area (Å²) in [6.45, 7) is 4.19. The molecular weight excluding hydrogens is 392 g/mol. The van der Waals surface area contributed by atoms with Crippen LogP contribution in [0.2, 0.25) is 5.02 Å². The van der Waals surface area contributed by atoms with E-state index in [1.165, 1.54) is 4.68 Å². The number of halogens is 1. The highest BCUT2D eigenvalue weighted by atomic mass is 35.5. The fraction of sp³-hybridized carbons (Fsp3) is 0.350. The minimum atomic E-state index is -0.381. The Bertz CT molecular complexity index is 1140. The van der Waals surface area contributed by atoms with Crippen LogP contribution in [0, 0.1) is 25.2 Å². The van der Waals surface area contributed by atoms with E-state index in [-0.39, 0.29) is 17.8 Å². The number of rotatable bonds is 6. The Kier molecular flexibility index (Phi) is 5.18. The lowest BCUT2D eigenvalue weighted by molar-refractivity contribution is 0.167. The fourth-order valence-electron chi connectivity index (χ4n) is 3.11. The Morgan fingerprint density at radius 2 is 2.00 bits per heavy atom. The van der Waals surface area contributed by atoms with E-state index >= 15 is 0 Å². The molecule has 3 aromatic rings. The summed E-state index contributed by atoms with van der Waals surface area (Å²) in [5.41, 5.74) is 1.83. The minimum absolute atomic E-state index is 0.135. The van der Waals surface area contributed by atoms with E-state index < -0.39 is 0 Å². The number of aryl methyl sites for hydroxylation is 1. The average molecular weight is 411 g/mol. The molecule has 148 valence electrons. The van der Waals surface area contributed by atoms with Gasteiger partial charge in [0.2, 0.25) is 11.8 Å². The molecule has 0 N–H and O–H groups in total. The summed E-state index contributed by atoms with van der Waals surface area (Å²) in [6.07, 6.45) is 2.06. The van der Waals surface area contributed by atoms with Gasteiger partial charge in [0.25, 0.3) is 5.56 Å². The highest BCUT2D eigenvalue weighted by molar-refractivity contribution is 6.30.